The molecule has 11 heteroatoms. The minimum absolute atomic E-state index is 0.0279. The molecule has 2 aromatic rings. The van der Waals surface area contributed by atoms with E-state index in [2.05, 4.69) is 16.0 Å². The van der Waals surface area contributed by atoms with Crippen LogP contribution in [0.4, 0.5) is 5.88 Å². The van der Waals surface area contributed by atoms with E-state index in [9.17, 15) is 18.5 Å². The van der Waals surface area contributed by atoms with Crippen molar-refractivity contribution in [1.29, 1.82) is 5.26 Å². The first-order valence-electron chi connectivity index (χ1n) is 10.8. The molecule has 0 aliphatic carbocycles. The molecule has 2 aliphatic rings. The number of oxazole rings is 1. The topological polar surface area (TPSA) is 124 Å². The molecular formula is C21H27N5O5S. The number of rotatable bonds is 7. The van der Waals surface area contributed by atoms with Crippen LogP contribution >= 0.6 is 0 Å². The summed E-state index contributed by atoms with van der Waals surface area (Å²) < 4.78 is 34.8. The highest BCUT2D eigenvalue weighted by molar-refractivity contribution is 7.91. The summed E-state index contributed by atoms with van der Waals surface area (Å²) in [7, 11) is -3.05. The van der Waals surface area contributed by atoms with Gasteiger partial charge in [0.15, 0.2) is 15.6 Å². The molecule has 0 radical (unpaired) electrons. The van der Waals surface area contributed by atoms with Gasteiger partial charge in [-0.05, 0) is 25.0 Å². The molecule has 0 spiro atoms. The summed E-state index contributed by atoms with van der Waals surface area (Å²) in [5, 5.41) is 9.45. The number of carbonyl (C=O) groups excluding carboxylic acids is 1. The van der Waals surface area contributed by atoms with E-state index >= 15 is 0 Å². The molecule has 2 aromatic heterocycles. The Kier molecular flexibility index (Phi) is 6.53. The minimum Gasteiger partial charge on any atom is -0.459 e. The van der Waals surface area contributed by atoms with Crippen molar-refractivity contribution in [3.8, 4) is 17.7 Å². The molecule has 0 aromatic carbocycles. The van der Waals surface area contributed by atoms with Crippen molar-refractivity contribution in [2.45, 2.75) is 25.8 Å². The van der Waals surface area contributed by atoms with Gasteiger partial charge in [-0.3, -0.25) is 9.69 Å². The van der Waals surface area contributed by atoms with Gasteiger partial charge in [-0.15, -0.1) is 0 Å². The van der Waals surface area contributed by atoms with Gasteiger partial charge >= 0.3 is 0 Å². The number of nitrogens with zero attached hydrogens (tertiary/aromatic N) is 5. The zero-order valence-corrected chi connectivity index (χ0v) is 18.9. The monoisotopic (exact) mass is 461 g/mol. The third-order valence-corrected chi connectivity index (χ3v) is 7.65. The van der Waals surface area contributed by atoms with Crippen molar-refractivity contribution in [3.05, 3.63) is 24.1 Å². The van der Waals surface area contributed by atoms with Gasteiger partial charge in [0.2, 0.25) is 17.5 Å². The van der Waals surface area contributed by atoms with Gasteiger partial charge < -0.3 is 18.6 Å². The van der Waals surface area contributed by atoms with Gasteiger partial charge in [-0.1, -0.05) is 6.92 Å². The summed E-state index contributed by atoms with van der Waals surface area (Å²) in [5.74, 6) is 1.33. The highest BCUT2D eigenvalue weighted by Gasteiger charge is 2.35. The summed E-state index contributed by atoms with van der Waals surface area (Å²) in [5.41, 5.74) is 0.206. The Labute approximate surface area is 187 Å². The summed E-state index contributed by atoms with van der Waals surface area (Å²) in [6.45, 7) is 5.22. The van der Waals surface area contributed by atoms with Crippen molar-refractivity contribution in [2.75, 3.05) is 55.7 Å². The average molecular weight is 462 g/mol. The number of anilines is 1. The van der Waals surface area contributed by atoms with Crippen LogP contribution in [0, 0.1) is 11.3 Å². The fourth-order valence-electron chi connectivity index (χ4n) is 4.27. The second kappa shape index (κ2) is 9.34. The van der Waals surface area contributed by atoms with E-state index in [1.807, 2.05) is 11.8 Å². The van der Waals surface area contributed by atoms with Gasteiger partial charge in [0.25, 0.3) is 5.89 Å². The van der Waals surface area contributed by atoms with Gasteiger partial charge in [0, 0.05) is 38.8 Å². The number of piperazine rings is 1. The molecule has 2 fully saturated rings. The Morgan fingerprint density at radius 3 is 2.72 bits per heavy atom. The van der Waals surface area contributed by atoms with Gasteiger partial charge in [-0.2, -0.15) is 10.2 Å². The first-order chi connectivity index (χ1) is 15.4. The minimum atomic E-state index is -3.05. The SMILES string of the molecule is CCCN(C(=O)CN1CCN(c2oc(-c3ccco3)nc2C#N)CC1)C1CCS(=O)(=O)C1. The maximum atomic E-state index is 13.0. The van der Waals surface area contributed by atoms with Crippen LogP contribution in [0.2, 0.25) is 0 Å². The first-order valence-corrected chi connectivity index (χ1v) is 12.6. The number of furan rings is 1. The van der Waals surface area contributed by atoms with Gasteiger partial charge in [-0.25, -0.2) is 8.42 Å². The number of carbonyl (C=O) groups is 1. The van der Waals surface area contributed by atoms with E-state index in [0.717, 1.165) is 6.42 Å². The Morgan fingerprint density at radius 1 is 1.34 bits per heavy atom. The number of aromatic nitrogens is 1. The van der Waals surface area contributed by atoms with E-state index < -0.39 is 9.84 Å². The summed E-state index contributed by atoms with van der Waals surface area (Å²) >= 11 is 0. The maximum Gasteiger partial charge on any atom is 0.266 e. The van der Waals surface area contributed by atoms with Crippen molar-refractivity contribution in [1.82, 2.24) is 14.8 Å². The highest BCUT2D eigenvalue weighted by Crippen LogP contribution is 2.29. The van der Waals surface area contributed by atoms with E-state index in [0.29, 0.717) is 50.8 Å². The van der Waals surface area contributed by atoms with Crippen LogP contribution in [-0.2, 0) is 14.6 Å². The van der Waals surface area contributed by atoms with Crippen molar-refractivity contribution in [2.24, 2.45) is 0 Å². The van der Waals surface area contributed by atoms with Crippen molar-refractivity contribution in [3.63, 3.8) is 0 Å². The number of amides is 1. The summed E-state index contributed by atoms with van der Waals surface area (Å²) in [4.78, 5) is 23.0. The molecule has 1 unspecified atom stereocenters. The smallest absolute Gasteiger partial charge is 0.266 e. The van der Waals surface area contributed by atoms with Crippen LogP contribution in [0.15, 0.2) is 27.2 Å². The second-order valence-corrected chi connectivity index (χ2v) is 10.4. The summed E-state index contributed by atoms with van der Waals surface area (Å²) in [6.07, 6.45) is 2.82. The molecule has 2 saturated heterocycles. The molecule has 2 aliphatic heterocycles. The van der Waals surface area contributed by atoms with E-state index in [1.54, 1.807) is 17.0 Å². The number of hydrogen-bond donors (Lipinski definition) is 0. The van der Waals surface area contributed by atoms with Crippen LogP contribution < -0.4 is 4.90 Å². The van der Waals surface area contributed by atoms with Crippen molar-refractivity contribution < 1.29 is 22.0 Å². The number of sulfone groups is 1. The zero-order chi connectivity index (χ0) is 22.7. The van der Waals surface area contributed by atoms with Crippen LogP contribution in [-0.4, -0.2) is 85.9 Å². The molecule has 172 valence electrons. The lowest BCUT2D eigenvalue weighted by Gasteiger charge is -2.36. The lowest BCUT2D eigenvalue weighted by atomic mass is 10.2. The molecule has 32 heavy (non-hydrogen) atoms. The highest BCUT2D eigenvalue weighted by atomic mass is 32.2. The van der Waals surface area contributed by atoms with E-state index in [4.69, 9.17) is 8.83 Å². The molecule has 0 N–H and O–H groups in total. The normalized spacial score (nSPS) is 20.9. The Balaban J connectivity index is 1.36. The van der Waals surface area contributed by atoms with Crippen molar-refractivity contribution >= 4 is 21.6 Å². The average Bonchev–Trinajstić information content (AvgIpc) is 3.51. The van der Waals surface area contributed by atoms with Gasteiger partial charge in [0.1, 0.15) is 6.07 Å². The molecule has 0 saturated carbocycles. The molecule has 0 bridgehead atoms. The lowest BCUT2D eigenvalue weighted by Crippen LogP contribution is -2.52. The van der Waals surface area contributed by atoms with Gasteiger partial charge in [0.05, 0.1) is 24.3 Å². The molecule has 1 amide bonds. The van der Waals surface area contributed by atoms with Crippen LogP contribution in [0.25, 0.3) is 11.7 Å². The molecule has 10 nitrogen and oxygen atoms in total. The third kappa shape index (κ3) is 4.81. The molecule has 4 rings (SSSR count). The quantitative estimate of drug-likeness (QED) is 0.601. The molecular weight excluding hydrogens is 434 g/mol. The standard InChI is InChI=1S/C21H27N5O5S/c1-2-6-26(16-5-12-32(28,29)15-16)19(27)14-24-7-9-25(10-8-24)21-17(13-22)23-20(31-21)18-4-3-11-30-18/h3-4,11,16H,2,5-10,12,14-15H2,1H3. The maximum absolute atomic E-state index is 13.0. The molecule has 1 atom stereocenters. The second-order valence-electron chi connectivity index (χ2n) is 8.17. The van der Waals surface area contributed by atoms with Crippen LogP contribution in [0.5, 0.6) is 0 Å². The lowest BCUT2D eigenvalue weighted by molar-refractivity contribution is -0.134. The van der Waals surface area contributed by atoms with Crippen LogP contribution in [0.1, 0.15) is 25.5 Å². The Morgan fingerprint density at radius 2 is 2.12 bits per heavy atom. The number of hydrogen-bond acceptors (Lipinski definition) is 9. The predicted molar refractivity (Wildman–Crippen MR) is 117 cm³/mol. The zero-order valence-electron chi connectivity index (χ0n) is 18.1. The molecule has 4 heterocycles. The van der Waals surface area contributed by atoms with Crippen LogP contribution in [0.3, 0.4) is 0 Å². The first kappa shape index (κ1) is 22.4. The Hall–Kier alpha value is -2.84. The third-order valence-electron chi connectivity index (χ3n) is 5.90. The predicted octanol–water partition coefficient (Wildman–Crippen LogP) is 1.35. The fourth-order valence-corrected chi connectivity index (χ4v) is 6.00. The summed E-state index contributed by atoms with van der Waals surface area (Å²) in [6, 6.07) is 5.30. The van der Waals surface area contributed by atoms with E-state index in [1.165, 1.54) is 6.26 Å². The fraction of sp³-hybridized carbons (Fsp3) is 0.571. The van der Waals surface area contributed by atoms with E-state index in [-0.39, 0.29) is 41.6 Å². The number of nitriles is 1. The largest absolute Gasteiger partial charge is 0.459 e. The Bertz CT molecular complexity index is 1080.